The molecule has 1 atom stereocenters. The van der Waals surface area contributed by atoms with E-state index in [2.05, 4.69) is 5.32 Å². The molecule has 2 aromatic rings. The zero-order valence-corrected chi connectivity index (χ0v) is 15.1. The Hall–Kier alpha value is -2.27. The predicted octanol–water partition coefficient (Wildman–Crippen LogP) is 3.81. The average Bonchev–Trinajstić information content (AvgIpc) is 2.55. The molecule has 0 spiro atoms. The first-order valence-corrected chi connectivity index (χ1v) is 8.89. The lowest BCUT2D eigenvalue weighted by Gasteiger charge is -2.41. The van der Waals surface area contributed by atoms with Crippen molar-refractivity contribution in [2.75, 3.05) is 20.6 Å². The highest BCUT2D eigenvalue weighted by atomic mass is 19.1. The van der Waals surface area contributed by atoms with Crippen LogP contribution in [0.1, 0.15) is 36.4 Å². The summed E-state index contributed by atoms with van der Waals surface area (Å²) in [5, 5.41) is 3.04. The van der Waals surface area contributed by atoms with Crippen molar-refractivity contribution in [3.63, 3.8) is 0 Å². The normalized spacial score (nSPS) is 16.8. The molecule has 26 heavy (non-hydrogen) atoms. The largest absolute Gasteiger partial charge is 0.353 e. The number of rotatable bonds is 6. The summed E-state index contributed by atoms with van der Waals surface area (Å²) in [5.41, 5.74) is 1.10. The quantitative estimate of drug-likeness (QED) is 0.852. The van der Waals surface area contributed by atoms with Gasteiger partial charge in [0.05, 0.1) is 11.5 Å². The number of halogens is 2. The molecule has 3 nitrogen and oxygen atoms in total. The van der Waals surface area contributed by atoms with Crippen LogP contribution in [0.4, 0.5) is 8.78 Å². The summed E-state index contributed by atoms with van der Waals surface area (Å²) < 4.78 is 26.8. The maximum atomic E-state index is 13.6. The summed E-state index contributed by atoms with van der Waals surface area (Å²) in [6, 6.07) is 12.5. The van der Waals surface area contributed by atoms with Crippen molar-refractivity contribution in [3.05, 3.63) is 71.3 Å². The molecule has 1 unspecified atom stereocenters. The highest BCUT2D eigenvalue weighted by Crippen LogP contribution is 2.44. The van der Waals surface area contributed by atoms with E-state index in [9.17, 15) is 13.6 Å². The molecule has 1 N–H and O–H groups in total. The van der Waals surface area contributed by atoms with Crippen molar-refractivity contribution in [1.29, 1.82) is 0 Å². The molecule has 1 saturated carbocycles. The smallest absolute Gasteiger partial charge is 0.230 e. The van der Waals surface area contributed by atoms with Crippen LogP contribution in [-0.2, 0) is 10.2 Å². The molecule has 5 heteroatoms. The van der Waals surface area contributed by atoms with Crippen LogP contribution in [0.5, 0.6) is 0 Å². The molecule has 138 valence electrons. The van der Waals surface area contributed by atoms with Crippen LogP contribution in [-0.4, -0.2) is 31.4 Å². The molecule has 0 aliphatic heterocycles. The Balaban J connectivity index is 1.74. The third-order valence-corrected chi connectivity index (χ3v) is 5.35. The Morgan fingerprint density at radius 2 is 1.81 bits per heavy atom. The Kier molecular flexibility index (Phi) is 5.37. The minimum atomic E-state index is -0.577. The van der Waals surface area contributed by atoms with Gasteiger partial charge >= 0.3 is 0 Å². The number of carbonyl (C=O) groups excluding carboxylic acids is 1. The summed E-state index contributed by atoms with van der Waals surface area (Å²) in [7, 11) is 3.81. The van der Waals surface area contributed by atoms with Crippen LogP contribution in [0.2, 0.25) is 0 Å². The van der Waals surface area contributed by atoms with Gasteiger partial charge in [-0.25, -0.2) is 8.78 Å². The number of benzene rings is 2. The van der Waals surface area contributed by atoms with Crippen molar-refractivity contribution in [2.24, 2.45) is 0 Å². The molecular weight excluding hydrogens is 334 g/mol. The van der Waals surface area contributed by atoms with Crippen LogP contribution in [0, 0.1) is 11.6 Å². The van der Waals surface area contributed by atoms with Crippen molar-refractivity contribution >= 4 is 5.91 Å². The van der Waals surface area contributed by atoms with Crippen molar-refractivity contribution in [3.8, 4) is 0 Å². The van der Waals surface area contributed by atoms with Gasteiger partial charge in [0.25, 0.3) is 0 Å². The molecule has 2 aromatic carbocycles. The first-order chi connectivity index (χ1) is 12.4. The van der Waals surface area contributed by atoms with Gasteiger partial charge in [-0.2, -0.15) is 0 Å². The second-order valence-electron chi connectivity index (χ2n) is 7.19. The van der Waals surface area contributed by atoms with Crippen molar-refractivity contribution in [1.82, 2.24) is 10.2 Å². The SMILES string of the molecule is CN(C)C(CNC(=O)C1(c2ccc(F)cc2)CCC1)c1cccc(F)c1. The first kappa shape index (κ1) is 18.5. The average molecular weight is 358 g/mol. The molecule has 0 bridgehead atoms. The zero-order chi connectivity index (χ0) is 18.7. The van der Waals surface area contributed by atoms with E-state index in [1.165, 1.54) is 24.3 Å². The van der Waals surface area contributed by atoms with E-state index in [0.29, 0.717) is 6.54 Å². The molecule has 0 heterocycles. The van der Waals surface area contributed by atoms with Gasteiger partial charge in [0, 0.05) is 6.54 Å². The second-order valence-corrected chi connectivity index (χ2v) is 7.19. The van der Waals surface area contributed by atoms with E-state index in [4.69, 9.17) is 0 Å². The Bertz CT molecular complexity index is 770. The Morgan fingerprint density at radius 3 is 2.35 bits per heavy atom. The minimum Gasteiger partial charge on any atom is -0.353 e. The molecule has 0 radical (unpaired) electrons. The number of likely N-dealkylation sites (N-methyl/N-ethyl adjacent to an activating group) is 1. The lowest BCUT2D eigenvalue weighted by Crippen LogP contribution is -2.50. The monoisotopic (exact) mass is 358 g/mol. The maximum Gasteiger partial charge on any atom is 0.230 e. The standard InChI is InChI=1S/C21H24F2N2O/c1-25(2)19(15-5-3-6-18(23)13-15)14-24-20(26)21(11-4-12-21)16-7-9-17(22)10-8-16/h3,5-10,13,19H,4,11-12,14H2,1-2H3,(H,24,26). The van der Waals surface area contributed by atoms with Crippen LogP contribution in [0.25, 0.3) is 0 Å². The summed E-state index contributed by atoms with van der Waals surface area (Å²) in [5.74, 6) is -0.636. The molecule has 0 aromatic heterocycles. The highest BCUT2D eigenvalue weighted by molar-refractivity contribution is 5.89. The van der Waals surface area contributed by atoms with E-state index in [1.807, 2.05) is 25.1 Å². The molecule has 3 rings (SSSR count). The van der Waals surface area contributed by atoms with E-state index < -0.39 is 5.41 Å². The van der Waals surface area contributed by atoms with Gasteiger partial charge in [-0.15, -0.1) is 0 Å². The maximum absolute atomic E-state index is 13.6. The van der Waals surface area contributed by atoms with E-state index in [0.717, 1.165) is 30.4 Å². The van der Waals surface area contributed by atoms with Gasteiger partial charge in [0.1, 0.15) is 11.6 Å². The van der Waals surface area contributed by atoms with Gasteiger partial charge in [-0.3, -0.25) is 4.79 Å². The van der Waals surface area contributed by atoms with E-state index in [-0.39, 0.29) is 23.6 Å². The van der Waals surface area contributed by atoms with Crippen LogP contribution in [0.15, 0.2) is 48.5 Å². The summed E-state index contributed by atoms with van der Waals surface area (Å²) in [6.45, 7) is 0.387. The number of nitrogens with zero attached hydrogens (tertiary/aromatic N) is 1. The molecule has 0 saturated heterocycles. The summed E-state index contributed by atoms with van der Waals surface area (Å²) >= 11 is 0. The van der Waals surface area contributed by atoms with Gasteiger partial charge in [-0.1, -0.05) is 30.7 Å². The third-order valence-electron chi connectivity index (χ3n) is 5.35. The summed E-state index contributed by atoms with van der Waals surface area (Å²) in [4.78, 5) is 14.9. The molecule has 1 amide bonds. The lowest BCUT2D eigenvalue weighted by molar-refractivity contribution is -0.130. The van der Waals surface area contributed by atoms with Gasteiger partial charge < -0.3 is 10.2 Å². The number of nitrogens with one attached hydrogen (secondary N) is 1. The number of hydrogen-bond acceptors (Lipinski definition) is 2. The fourth-order valence-corrected chi connectivity index (χ4v) is 3.62. The zero-order valence-electron chi connectivity index (χ0n) is 15.1. The lowest BCUT2D eigenvalue weighted by atomic mass is 9.64. The molecule has 1 aliphatic carbocycles. The third kappa shape index (κ3) is 3.63. The van der Waals surface area contributed by atoms with Gasteiger partial charge in [0.2, 0.25) is 5.91 Å². The fraction of sp³-hybridized carbons (Fsp3) is 0.381. The number of hydrogen-bond donors (Lipinski definition) is 1. The van der Waals surface area contributed by atoms with E-state index >= 15 is 0 Å². The predicted molar refractivity (Wildman–Crippen MR) is 97.8 cm³/mol. The summed E-state index contributed by atoms with van der Waals surface area (Å²) in [6.07, 6.45) is 2.50. The fourth-order valence-electron chi connectivity index (χ4n) is 3.62. The minimum absolute atomic E-state index is 0.0430. The van der Waals surface area contributed by atoms with Crippen LogP contribution >= 0.6 is 0 Å². The van der Waals surface area contributed by atoms with Crippen LogP contribution < -0.4 is 5.32 Å². The van der Waals surface area contributed by atoms with Crippen molar-refractivity contribution in [2.45, 2.75) is 30.7 Å². The Labute approximate surface area is 153 Å². The Morgan fingerprint density at radius 1 is 1.12 bits per heavy atom. The number of carbonyl (C=O) groups is 1. The van der Waals surface area contributed by atoms with Crippen LogP contribution in [0.3, 0.4) is 0 Å². The van der Waals surface area contributed by atoms with Gasteiger partial charge in [0.15, 0.2) is 0 Å². The topological polar surface area (TPSA) is 32.3 Å². The van der Waals surface area contributed by atoms with E-state index in [1.54, 1.807) is 18.2 Å². The second kappa shape index (κ2) is 7.54. The highest BCUT2D eigenvalue weighted by Gasteiger charge is 2.45. The van der Waals surface area contributed by atoms with Gasteiger partial charge in [-0.05, 0) is 62.3 Å². The molecular formula is C21H24F2N2O. The molecule has 1 aliphatic rings. The first-order valence-electron chi connectivity index (χ1n) is 8.89. The number of amides is 1. The molecule has 1 fully saturated rings. The van der Waals surface area contributed by atoms with Crippen molar-refractivity contribution < 1.29 is 13.6 Å².